The summed E-state index contributed by atoms with van der Waals surface area (Å²) in [5.41, 5.74) is -0.701. The highest BCUT2D eigenvalue weighted by atomic mass is 35.5. The van der Waals surface area contributed by atoms with Crippen molar-refractivity contribution in [3.63, 3.8) is 0 Å². The first kappa shape index (κ1) is 17.7. The molecule has 0 aliphatic carbocycles. The Morgan fingerprint density at radius 2 is 2.04 bits per heavy atom. The van der Waals surface area contributed by atoms with Gasteiger partial charge in [0.05, 0.1) is 23.5 Å². The monoisotopic (exact) mass is 364 g/mol. The number of allylic oxidation sites excluding steroid dienone is 1. The summed E-state index contributed by atoms with van der Waals surface area (Å²) in [7, 11) is 0. The van der Waals surface area contributed by atoms with Crippen LogP contribution < -0.4 is 4.74 Å². The summed E-state index contributed by atoms with van der Waals surface area (Å²) in [5, 5.41) is 4.31. The van der Waals surface area contributed by atoms with E-state index in [1.54, 1.807) is 6.08 Å². The van der Waals surface area contributed by atoms with Crippen LogP contribution in [0.15, 0.2) is 37.1 Å². The van der Waals surface area contributed by atoms with E-state index in [0.29, 0.717) is 24.1 Å². The molecule has 0 spiro atoms. The van der Waals surface area contributed by atoms with Gasteiger partial charge in [-0.15, -0.1) is 6.58 Å². The first-order valence-corrected chi connectivity index (χ1v) is 7.44. The summed E-state index contributed by atoms with van der Waals surface area (Å²) in [4.78, 5) is 0. The Morgan fingerprint density at radius 1 is 1.30 bits per heavy atom. The van der Waals surface area contributed by atoms with Crippen molar-refractivity contribution < 1.29 is 17.9 Å². The number of alkyl halides is 3. The van der Waals surface area contributed by atoms with Gasteiger partial charge in [-0.3, -0.25) is 0 Å². The van der Waals surface area contributed by atoms with Gasteiger partial charge in [-0.25, -0.2) is 0 Å². The molecule has 0 unspecified atom stereocenters. The number of hydrogen-bond acceptors (Lipinski definition) is 2. The summed E-state index contributed by atoms with van der Waals surface area (Å²) < 4.78 is 45.7. The summed E-state index contributed by atoms with van der Waals surface area (Å²) in [5.74, 6) is -0.397. The number of aromatic nitrogens is 2. The predicted molar refractivity (Wildman–Crippen MR) is 83.5 cm³/mol. The molecule has 0 atom stereocenters. The van der Waals surface area contributed by atoms with Gasteiger partial charge in [-0.2, -0.15) is 23.0 Å². The molecule has 1 aromatic carbocycles. The Labute approximate surface area is 141 Å². The number of rotatable bonds is 6. The van der Waals surface area contributed by atoms with E-state index in [1.165, 1.54) is 18.2 Å². The van der Waals surface area contributed by atoms with E-state index < -0.39 is 17.6 Å². The van der Waals surface area contributed by atoms with E-state index in [-0.39, 0.29) is 17.3 Å². The zero-order valence-electron chi connectivity index (χ0n) is 11.9. The van der Waals surface area contributed by atoms with Crippen LogP contribution in [-0.2, 0) is 6.18 Å². The molecule has 0 radical (unpaired) electrons. The van der Waals surface area contributed by atoms with Crippen molar-refractivity contribution >= 4 is 23.2 Å². The molecule has 8 heteroatoms. The zero-order valence-corrected chi connectivity index (χ0v) is 13.4. The molecule has 0 aliphatic rings. The second-order valence-corrected chi connectivity index (χ2v) is 5.49. The lowest BCUT2D eigenvalue weighted by Crippen LogP contribution is -2.11. The number of halogens is 5. The van der Waals surface area contributed by atoms with Crippen molar-refractivity contribution in [1.82, 2.24) is 9.78 Å². The molecule has 23 heavy (non-hydrogen) atoms. The number of benzene rings is 1. The molecule has 2 rings (SSSR count). The predicted octanol–water partition coefficient (Wildman–Crippen LogP) is 5.54. The van der Waals surface area contributed by atoms with Gasteiger partial charge in [-0.05, 0) is 31.0 Å². The van der Waals surface area contributed by atoms with E-state index in [2.05, 4.69) is 11.7 Å². The SMILES string of the molecule is C=CCCCOc1c(C(F)(F)F)cnn1-c1ccc(Cl)cc1Cl. The van der Waals surface area contributed by atoms with Gasteiger partial charge in [0.25, 0.3) is 0 Å². The van der Waals surface area contributed by atoms with Gasteiger partial charge < -0.3 is 4.74 Å². The lowest BCUT2D eigenvalue weighted by atomic mass is 10.3. The highest BCUT2D eigenvalue weighted by Crippen LogP contribution is 2.38. The minimum atomic E-state index is -4.58. The average Bonchev–Trinajstić information content (AvgIpc) is 2.87. The van der Waals surface area contributed by atoms with E-state index >= 15 is 0 Å². The minimum absolute atomic E-state index is 0.103. The topological polar surface area (TPSA) is 27.1 Å². The summed E-state index contributed by atoms with van der Waals surface area (Å²) in [6.07, 6.45) is -1.02. The maximum absolute atomic E-state index is 13.1. The molecule has 2 aromatic rings. The highest BCUT2D eigenvalue weighted by Gasteiger charge is 2.38. The standard InChI is InChI=1S/C15H13Cl2F3N2O/c1-2-3-4-7-23-14-11(15(18,19)20)9-21-22(14)13-6-5-10(16)8-12(13)17/h2,5-6,8-9H,1,3-4,7H2. The molecule has 0 saturated heterocycles. The van der Waals surface area contributed by atoms with Crippen molar-refractivity contribution in [1.29, 1.82) is 0 Å². The normalized spacial score (nSPS) is 11.5. The number of ether oxygens (including phenoxy) is 1. The molecule has 0 saturated carbocycles. The van der Waals surface area contributed by atoms with E-state index in [0.717, 1.165) is 4.68 Å². The van der Waals surface area contributed by atoms with Gasteiger partial charge >= 0.3 is 6.18 Å². The first-order chi connectivity index (χ1) is 10.8. The molecule has 0 N–H and O–H groups in total. The maximum atomic E-state index is 13.1. The molecule has 0 aliphatic heterocycles. The minimum Gasteiger partial charge on any atom is -0.477 e. The second kappa shape index (κ2) is 7.27. The van der Waals surface area contributed by atoms with Crippen LogP contribution in [0.2, 0.25) is 10.0 Å². The third kappa shape index (κ3) is 4.20. The van der Waals surface area contributed by atoms with Crippen molar-refractivity contribution in [3.8, 4) is 11.6 Å². The molecule has 1 heterocycles. The Hall–Kier alpha value is -1.66. The van der Waals surface area contributed by atoms with Crippen molar-refractivity contribution in [3.05, 3.63) is 52.7 Å². The summed E-state index contributed by atoms with van der Waals surface area (Å²) in [6.45, 7) is 3.66. The van der Waals surface area contributed by atoms with Gasteiger partial charge in [0, 0.05) is 5.02 Å². The molecular formula is C15H13Cl2F3N2O. The molecule has 0 amide bonds. The molecule has 0 fully saturated rings. The average molecular weight is 365 g/mol. The van der Waals surface area contributed by atoms with Gasteiger partial charge in [0.1, 0.15) is 5.56 Å². The first-order valence-electron chi connectivity index (χ1n) is 6.69. The summed E-state index contributed by atoms with van der Waals surface area (Å²) >= 11 is 11.9. The molecular weight excluding hydrogens is 352 g/mol. The fourth-order valence-electron chi connectivity index (χ4n) is 1.89. The van der Waals surface area contributed by atoms with Crippen LogP contribution in [-0.4, -0.2) is 16.4 Å². The third-order valence-electron chi connectivity index (χ3n) is 2.96. The molecule has 0 bridgehead atoms. The van der Waals surface area contributed by atoms with Gasteiger partial charge in [0.15, 0.2) is 0 Å². The Morgan fingerprint density at radius 3 is 2.65 bits per heavy atom. The Kier molecular flexibility index (Phi) is 5.59. The third-order valence-corrected chi connectivity index (χ3v) is 3.50. The lowest BCUT2D eigenvalue weighted by molar-refractivity contribution is -0.139. The van der Waals surface area contributed by atoms with Crippen LogP contribution in [0.4, 0.5) is 13.2 Å². The number of unbranched alkanes of at least 4 members (excludes halogenated alkanes) is 1. The Balaban J connectivity index is 2.42. The lowest BCUT2D eigenvalue weighted by Gasteiger charge is -2.13. The molecule has 3 nitrogen and oxygen atoms in total. The smallest absolute Gasteiger partial charge is 0.423 e. The molecule has 124 valence electrons. The maximum Gasteiger partial charge on any atom is 0.423 e. The van der Waals surface area contributed by atoms with Crippen LogP contribution in [0.5, 0.6) is 5.88 Å². The van der Waals surface area contributed by atoms with Crippen molar-refractivity contribution in [2.75, 3.05) is 6.61 Å². The van der Waals surface area contributed by atoms with E-state index in [1.807, 2.05) is 0 Å². The highest BCUT2D eigenvalue weighted by molar-refractivity contribution is 6.35. The van der Waals surface area contributed by atoms with Crippen LogP contribution in [0.1, 0.15) is 18.4 Å². The van der Waals surface area contributed by atoms with Crippen molar-refractivity contribution in [2.24, 2.45) is 0 Å². The zero-order chi connectivity index (χ0) is 17.0. The van der Waals surface area contributed by atoms with Crippen LogP contribution in [0.3, 0.4) is 0 Å². The second-order valence-electron chi connectivity index (χ2n) is 4.65. The van der Waals surface area contributed by atoms with Crippen molar-refractivity contribution in [2.45, 2.75) is 19.0 Å². The van der Waals surface area contributed by atoms with Crippen LogP contribution in [0, 0.1) is 0 Å². The van der Waals surface area contributed by atoms with Crippen LogP contribution in [0.25, 0.3) is 5.69 Å². The quantitative estimate of drug-likeness (QED) is 0.496. The fourth-order valence-corrected chi connectivity index (χ4v) is 2.38. The van der Waals surface area contributed by atoms with E-state index in [4.69, 9.17) is 27.9 Å². The largest absolute Gasteiger partial charge is 0.477 e. The molecule has 1 aromatic heterocycles. The number of nitrogens with zero attached hydrogens (tertiary/aromatic N) is 2. The summed E-state index contributed by atoms with van der Waals surface area (Å²) in [6, 6.07) is 4.42. The van der Waals surface area contributed by atoms with Gasteiger partial charge in [-0.1, -0.05) is 29.3 Å². The van der Waals surface area contributed by atoms with E-state index in [9.17, 15) is 13.2 Å². The van der Waals surface area contributed by atoms with Gasteiger partial charge in [0.2, 0.25) is 5.88 Å². The Bertz CT molecular complexity index is 699. The fraction of sp³-hybridized carbons (Fsp3) is 0.267. The number of hydrogen-bond donors (Lipinski definition) is 0. The van der Waals surface area contributed by atoms with Crippen LogP contribution >= 0.6 is 23.2 Å².